The van der Waals surface area contributed by atoms with Gasteiger partial charge in [0.1, 0.15) is 5.75 Å². The van der Waals surface area contributed by atoms with Gasteiger partial charge < -0.3 is 5.11 Å². The molecule has 0 spiro atoms. The number of benzene rings is 1. The van der Waals surface area contributed by atoms with Crippen LogP contribution in [0.15, 0.2) is 17.0 Å². The fourth-order valence-corrected chi connectivity index (χ4v) is 2.24. The highest BCUT2D eigenvalue weighted by Gasteiger charge is 2.11. The van der Waals surface area contributed by atoms with Crippen molar-refractivity contribution in [1.29, 1.82) is 0 Å². The number of aromatic hydroxyl groups is 1. The maximum absolute atomic E-state index is 10.2. The van der Waals surface area contributed by atoms with Gasteiger partial charge in [-0.1, -0.05) is 27.7 Å². The molecule has 0 saturated carbocycles. The van der Waals surface area contributed by atoms with Crippen LogP contribution in [0.5, 0.6) is 5.75 Å². The van der Waals surface area contributed by atoms with E-state index in [1.165, 1.54) is 0 Å². The van der Waals surface area contributed by atoms with Crippen molar-refractivity contribution in [3.8, 4) is 5.75 Å². The molecule has 0 heterocycles. The second kappa shape index (κ2) is 5.62. The molecular formula is C14H22OS. The molecule has 0 saturated heterocycles. The van der Waals surface area contributed by atoms with Gasteiger partial charge in [0.25, 0.3) is 0 Å². The minimum atomic E-state index is 0.472. The first-order valence-electron chi connectivity index (χ1n) is 5.93. The van der Waals surface area contributed by atoms with E-state index in [1.54, 1.807) is 0 Å². The normalized spacial score (nSPS) is 11.4. The molecule has 1 N–H and O–H groups in total. The van der Waals surface area contributed by atoms with Gasteiger partial charge in [0.05, 0.1) is 0 Å². The van der Waals surface area contributed by atoms with Crippen LogP contribution in [0.1, 0.15) is 38.8 Å². The second-order valence-electron chi connectivity index (χ2n) is 5.31. The lowest BCUT2D eigenvalue weighted by molar-refractivity contribution is 0.449. The highest BCUT2D eigenvalue weighted by molar-refractivity contribution is 7.80. The summed E-state index contributed by atoms with van der Waals surface area (Å²) < 4.78 is 0. The lowest BCUT2D eigenvalue weighted by atomic mass is 9.95. The summed E-state index contributed by atoms with van der Waals surface area (Å²) in [6, 6.07) is 3.95. The number of phenolic OH excluding ortho intramolecular Hbond substituents is 1. The summed E-state index contributed by atoms with van der Waals surface area (Å²) in [6.45, 7) is 8.64. The molecule has 0 amide bonds. The summed E-state index contributed by atoms with van der Waals surface area (Å²) in [5, 5.41) is 10.2. The average molecular weight is 238 g/mol. The predicted molar refractivity (Wildman–Crippen MR) is 72.4 cm³/mol. The van der Waals surface area contributed by atoms with Crippen LogP contribution in [0.25, 0.3) is 0 Å². The van der Waals surface area contributed by atoms with E-state index in [-0.39, 0.29) is 0 Å². The largest absolute Gasteiger partial charge is 0.507 e. The van der Waals surface area contributed by atoms with Crippen LogP contribution in [-0.4, -0.2) is 5.11 Å². The molecule has 0 radical (unpaired) electrons. The van der Waals surface area contributed by atoms with Gasteiger partial charge in [-0.15, -0.1) is 12.6 Å². The van der Waals surface area contributed by atoms with Gasteiger partial charge in [-0.3, -0.25) is 0 Å². The zero-order chi connectivity index (χ0) is 12.3. The summed E-state index contributed by atoms with van der Waals surface area (Å²) >= 11 is 4.40. The molecule has 2 heteroatoms. The van der Waals surface area contributed by atoms with Crippen molar-refractivity contribution in [2.45, 2.75) is 45.4 Å². The molecule has 90 valence electrons. The van der Waals surface area contributed by atoms with E-state index in [4.69, 9.17) is 0 Å². The minimum Gasteiger partial charge on any atom is -0.507 e. The van der Waals surface area contributed by atoms with Crippen LogP contribution in [0.4, 0.5) is 0 Å². The number of hydrogen-bond acceptors (Lipinski definition) is 2. The molecule has 0 bridgehead atoms. The van der Waals surface area contributed by atoms with Crippen LogP contribution >= 0.6 is 12.6 Å². The van der Waals surface area contributed by atoms with Crippen molar-refractivity contribution in [2.24, 2.45) is 11.8 Å². The van der Waals surface area contributed by atoms with Crippen LogP contribution in [0.3, 0.4) is 0 Å². The van der Waals surface area contributed by atoms with Crippen molar-refractivity contribution < 1.29 is 5.11 Å². The standard InChI is InChI=1S/C14H22OS/c1-9(2)5-11-7-13(16)8-12(14(11)15)6-10(3)4/h7-10,15-16H,5-6H2,1-4H3. The molecule has 1 aromatic rings. The third-order valence-corrected chi connectivity index (χ3v) is 2.77. The summed E-state index contributed by atoms with van der Waals surface area (Å²) in [5.74, 6) is 1.57. The number of phenols is 1. The maximum atomic E-state index is 10.2. The van der Waals surface area contributed by atoms with Crippen LogP contribution in [0, 0.1) is 11.8 Å². The van der Waals surface area contributed by atoms with E-state index in [1.807, 2.05) is 12.1 Å². The molecular weight excluding hydrogens is 216 g/mol. The van der Waals surface area contributed by atoms with E-state index in [0.29, 0.717) is 17.6 Å². The molecule has 1 nitrogen and oxygen atoms in total. The van der Waals surface area contributed by atoms with Gasteiger partial charge in [0.2, 0.25) is 0 Å². The Bertz CT molecular complexity index is 325. The fraction of sp³-hybridized carbons (Fsp3) is 0.571. The quantitative estimate of drug-likeness (QED) is 0.757. The summed E-state index contributed by atoms with van der Waals surface area (Å²) in [5.41, 5.74) is 2.05. The monoisotopic (exact) mass is 238 g/mol. The van der Waals surface area contributed by atoms with E-state index in [9.17, 15) is 5.11 Å². The van der Waals surface area contributed by atoms with Crippen molar-refractivity contribution in [2.75, 3.05) is 0 Å². The Morgan fingerprint density at radius 1 is 1.00 bits per heavy atom. The second-order valence-corrected chi connectivity index (χ2v) is 5.82. The molecule has 0 unspecified atom stereocenters. The average Bonchev–Trinajstić information content (AvgIpc) is 2.11. The van der Waals surface area contributed by atoms with Crippen molar-refractivity contribution in [1.82, 2.24) is 0 Å². The van der Waals surface area contributed by atoms with Crippen molar-refractivity contribution in [3.05, 3.63) is 23.3 Å². The Morgan fingerprint density at radius 2 is 1.38 bits per heavy atom. The number of hydrogen-bond donors (Lipinski definition) is 2. The lowest BCUT2D eigenvalue weighted by Crippen LogP contribution is -2.00. The van der Waals surface area contributed by atoms with Crippen molar-refractivity contribution >= 4 is 12.6 Å². The zero-order valence-electron chi connectivity index (χ0n) is 10.6. The van der Waals surface area contributed by atoms with Crippen LogP contribution in [-0.2, 0) is 12.8 Å². The lowest BCUT2D eigenvalue weighted by Gasteiger charge is -2.14. The maximum Gasteiger partial charge on any atom is 0.122 e. The minimum absolute atomic E-state index is 0.472. The Hall–Kier alpha value is -0.630. The third-order valence-electron chi connectivity index (χ3n) is 2.51. The van der Waals surface area contributed by atoms with Crippen molar-refractivity contribution in [3.63, 3.8) is 0 Å². The van der Waals surface area contributed by atoms with Gasteiger partial charge in [-0.25, -0.2) is 0 Å². The van der Waals surface area contributed by atoms with Gasteiger partial charge in [-0.2, -0.15) is 0 Å². The third kappa shape index (κ3) is 3.75. The van der Waals surface area contributed by atoms with Gasteiger partial charge in [0.15, 0.2) is 0 Å². The van der Waals surface area contributed by atoms with E-state index < -0.39 is 0 Å². The molecule has 16 heavy (non-hydrogen) atoms. The predicted octanol–water partition coefficient (Wildman–Crippen LogP) is 4.08. The number of thiol groups is 1. The topological polar surface area (TPSA) is 20.2 Å². The molecule has 0 atom stereocenters. The molecule has 1 aromatic carbocycles. The number of rotatable bonds is 4. The first-order chi connectivity index (χ1) is 7.40. The Morgan fingerprint density at radius 3 is 1.69 bits per heavy atom. The van der Waals surface area contributed by atoms with Gasteiger partial charge >= 0.3 is 0 Å². The molecule has 0 aliphatic carbocycles. The molecule has 0 aliphatic heterocycles. The molecule has 0 aromatic heterocycles. The highest BCUT2D eigenvalue weighted by atomic mass is 32.1. The smallest absolute Gasteiger partial charge is 0.122 e. The van der Waals surface area contributed by atoms with E-state index >= 15 is 0 Å². The summed E-state index contributed by atoms with van der Waals surface area (Å²) in [7, 11) is 0. The van der Waals surface area contributed by atoms with Gasteiger partial charge in [0, 0.05) is 4.90 Å². The first kappa shape index (κ1) is 13.4. The van der Waals surface area contributed by atoms with E-state index in [0.717, 1.165) is 28.9 Å². The summed E-state index contributed by atoms with van der Waals surface area (Å²) in [6.07, 6.45) is 1.82. The van der Waals surface area contributed by atoms with E-state index in [2.05, 4.69) is 40.3 Å². The zero-order valence-corrected chi connectivity index (χ0v) is 11.5. The SMILES string of the molecule is CC(C)Cc1cc(S)cc(CC(C)C)c1O. The Balaban J connectivity index is 3.05. The summed E-state index contributed by atoms with van der Waals surface area (Å²) in [4.78, 5) is 0.948. The molecule has 0 aliphatic rings. The fourth-order valence-electron chi connectivity index (χ4n) is 1.93. The van der Waals surface area contributed by atoms with Gasteiger partial charge in [-0.05, 0) is 47.9 Å². The first-order valence-corrected chi connectivity index (χ1v) is 6.38. The molecule has 0 fully saturated rings. The Kier molecular flexibility index (Phi) is 4.72. The molecule has 1 rings (SSSR count). The van der Waals surface area contributed by atoms with Crippen LogP contribution < -0.4 is 0 Å². The Labute approximate surface area is 104 Å². The highest BCUT2D eigenvalue weighted by Crippen LogP contribution is 2.30. The van der Waals surface area contributed by atoms with Crippen LogP contribution in [0.2, 0.25) is 0 Å².